The fraction of sp³-hybridized carbons (Fsp3) is 0.200. The van der Waals surface area contributed by atoms with Crippen LogP contribution in [-0.4, -0.2) is 10.9 Å². The Kier molecular flexibility index (Phi) is 2.59. The van der Waals surface area contributed by atoms with E-state index in [1.165, 1.54) is 16.7 Å². The molecule has 0 fully saturated rings. The predicted octanol–water partition coefficient (Wildman–Crippen LogP) is 2.94. The van der Waals surface area contributed by atoms with Crippen molar-refractivity contribution in [2.24, 2.45) is 0 Å². The minimum absolute atomic E-state index is 0.107. The molecular formula is C15H14N2O. The molecule has 0 spiro atoms. The first-order valence-corrected chi connectivity index (χ1v) is 6.08. The van der Waals surface area contributed by atoms with Crippen molar-refractivity contribution in [3.8, 4) is 11.1 Å². The van der Waals surface area contributed by atoms with Crippen LogP contribution in [0.5, 0.6) is 0 Å². The third-order valence-corrected chi connectivity index (χ3v) is 3.45. The van der Waals surface area contributed by atoms with Crippen LogP contribution in [0.15, 0.2) is 36.7 Å². The maximum atomic E-state index is 11.4. The zero-order chi connectivity index (χ0) is 12.5. The maximum absolute atomic E-state index is 11.4. The van der Waals surface area contributed by atoms with E-state index in [2.05, 4.69) is 29.4 Å². The minimum Gasteiger partial charge on any atom is -0.326 e. The van der Waals surface area contributed by atoms with E-state index in [0.717, 1.165) is 17.7 Å². The van der Waals surface area contributed by atoms with E-state index in [-0.39, 0.29) is 5.91 Å². The van der Waals surface area contributed by atoms with Gasteiger partial charge in [0.25, 0.3) is 0 Å². The quantitative estimate of drug-likeness (QED) is 0.830. The van der Waals surface area contributed by atoms with Gasteiger partial charge in [0.05, 0.1) is 0 Å². The lowest BCUT2D eigenvalue weighted by atomic mass is 9.91. The van der Waals surface area contributed by atoms with Gasteiger partial charge in [-0.3, -0.25) is 9.78 Å². The molecule has 0 saturated heterocycles. The van der Waals surface area contributed by atoms with E-state index in [4.69, 9.17) is 0 Å². The van der Waals surface area contributed by atoms with Gasteiger partial charge in [0.2, 0.25) is 5.91 Å². The Hall–Kier alpha value is -2.16. The Morgan fingerprint density at radius 3 is 2.89 bits per heavy atom. The van der Waals surface area contributed by atoms with Crippen molar-refractivity contribution in [3.63, 3.8) is 0 Å². The van der Waals surface area contributed by atoms with Crippen LogP contribution in [0.1, 0.15) is 17.5 Å². The molecule has 3 rings (SSSR count). The van der Waals surface area contributed by atoms with Gasteiger partial charge in [-0.15, -0.1) is 0 Å². The number of fused-ring (bicyclic) bond motifs is 1. The average Bonchev–Trinajstić information content (AvgIpc) is 2.40. The monoisotopic (exact) mass is 238 g/mol. The number of anilines is 1. The molecule has 1 aromatic carbocycles. The molecule has 1 aromatic heterocycles. The van der Waals surface area contributed by atoms with Gasteiger partial charge in [0, 0.05) is 30.1 Å². The number of benzene rings is 1. The van der Waals surface area contributed by atoms with Crippen LogP contribution in [0.2, 0.25) is 0 Å². The first kappa shape index (κ1) is 11.0. The second-order valence-electron chi connectivity index (χ2n) is 4.55. The summed E-state index contributed by atoms with van der Waals surface area (Å²) in [5.41, 5.74) is 5.75. The highest BCUT2D eigenvalue weighted by Gasteiger charge is 2.18. The highest BCUT2D eigenvalue weighted by atomic mass is 16.1. The smallest absolute Gasteiger partial charge is 0.224 e. The molecule has 3 nitrogen and oxygen atoms in total. The van der Waals surface area contributed by atoms with Gasteiger partial charge in [0.1, 0.15) is 0 Å². The number of carbonyl (C=O) groups is 1. The largest absolute Gasteiger partial charge is 0.326 e. The Morgan fingerprint density at radius 1 is 1.22 bits per heavy atom. The second kappa shape index (κ2) is 4.26. The van der Waals surface area contributed by atoms with Crippen molar-refractivity contribution in [1.82, 2.24) is 4.98 Å². The molecule has 0 radical (unpaired) electrons. The summed E-state index contributed by atoms with van der Waals surface area (Å²) >= 11 is 0. The Labute approximate surface area is 106 Å². The predicted molar refractivity (Wildman–Crippen MR) is 71.4 cm³/mol. The molecule has 1 aliphatic rings. The van der Waals surface area contributed by atoms with Crippen molar-refractivity contribution in [1.29, 1.82) is 0 Å². The molecule has 2 aromatic rings. The molecule has 1 aliphatic heterocycles. The highest BCUT2D eigenvalue weighted by molar-refractivity contribution is 5.95. The van der Waals surface area contributed by atoms with Crippen LogP contribution >= 0.6 is 0 Å². The number of rotatable bonds is 1. The lowest BCUT2D eigenvalue weighted by Crippen LogP contribution is -2.19. The van der Waals surface area contributed by atoms with Crippen molar-refractivity contribution in [3.05, 3.63) is 47.8 Å². The lowest BCUT2D eigenvalue weighted by Gasteiger charge is -2.21. The summed E-state index contributed by atoms with van der Waals surface area (Å²) in [7, 11) is 0. The molecule has 18 heavy (non-hydrogen) atoms. The molecule has 2 heterocycles. The van der Waals surface area contributed by atoms with E-state index in [9.17, 15) is 4.79 Å². The van der Waals surface area contributed by atoms with Gasteiger partial charge in [-0.25, -0.2) is 0 Å². The normalized spacial score (nSPS) is 13.9. The fourth-order valence-corrected chi connectivity index (χ4v) is 2.48. The van der Waals surface area contributed by atoms with Gasteiger partial charge in [-0.2, -0.15) is 0 Å². The van der Waals surface area contributed by atoms with Gasteiger partial charge >= 0.3 is 0 Å². The van der Waals surface area contributed by atoms with Gasteiger partial charge in [-0.1, -0.05) is 12.1 Å². The van der Waals surface area contributed by atoms with Crippen molar-refractivity contribution in [2.75, 3.05) is 5.32 Å². The first-order chi connectivity index (χ1) is 8.75. The van der Waals surface area contributed by atoms with Gasteiger partial charge < -0.3 is 5.32 Å². The Balaban J connectivity index is 2.12. The van der Waals surface area contributed by atoms with E-state index in [1.807, 2.05) is 18.3 Å². The zero-order valence-electron chi connectivity index (χ0n) is 10.2. The Morgan fingerprint density at radius 2 is 2.11 bits per heavy atom. The van der Waals surface area contributed by atoms with Gasteiger partial charge in [-0.05, 0) is 42.2 Å². The fourth-order valence-electron chi connectivity index (χ4n) is 2.48. The first-order valence-electron chi connectivity index (χ1n) is 6.08. The summed E-state index contributed by atoms with van der Waals surface area (Å²) in [5.74, 6) is 0.107. The highest BCUT2D eigenvalue weighted by Crippen LogP contribution is 2.32. The second-order valence-corrected chi connectivity index (χ2v) is 4.55. The number of carbonyl (C=O) groups excluding carboxylic acids is 1. The molecule has 0 aliphatic carbocycles. The third-order valence-electron chi connectivity index (χ3n) is 3.45. The van der Waals surface area contributed by atoms with Gasteiger partial charge in [0.15, 0.2) is 0 Å². The van der Waals surface area contributed by atoms with Crippen LogP contribution < -0.4 is 5.32 Å². The summed E-state index contributed by atoms with van der Waals surface area (Å²) in [4.78, 5) is 15.5. The molecule has 90 valence electrons. The van der Waals surface area contributed by atoms with E-state index < -0.39 is 0 Å². The topological polar surface area (TPSA) is 42.0 Å². The summed E-state index contributed by atoms with van der Waals surface area (Å²) in [6.07, 6.45) is 5.04. The SMILES string of the molecule is Cc1c(-c2cccnc2)ccc2c1CCC(=O)N2. The number of aromatic nitrogens is 1. The van der Waals surface area contributed by atoms with Crippen molar-refractivity contribution >= 4 is 11.6 Å². The molecular weight excluding hydrogens is 224 g/mol. The van der Waals surface area contributed by atoms with E-state index >= 15 is 0 Å². The molecule has 0 bridgehead atoms. The average molecular weight is 238 g/mol. The number of nitrogens with one attached hydrogen (secondary N) is 1. The Bertz CT molecular complexity index is 605. The van der Waals surface area contributed by atoms with Crippen molar-refractivity contribution < 1.29 is 4.79 Å². The van der Waals surface area contributed by atoms with Crippen LogP contribution in [0.3, 0.4) is 0 Å². The van der Waals surface area contributed by atoms with Crippen LogP contribution in [-0.2, 0) is 11.2 Å². The van der Waals surface area contributed by atoms with E-state index in [1.54, 1.807) is 6.20 Å². The molecule has 0 atom stereocenters. The molecule has 0 unspecified atom stereocenters. The van der Waals surface area contributed by atoms with Crippen LogP contribution in [0, 0.1) is 6.92 Å². The third kappa shape index (κ3) is 1.78. The molecule has 1 amide bonds. The van der Waals surface area contributed by atoms with Crippen molar-refractivity contribution in [2.45, 2.75) is 19.8 Å². The number of pyridine rings is 1. The van der Waals surface area contributed by atoms with Crippen LogP contribution in [0.4, 0.5) is 5.69 Å². The minimum atomic E-state index is 0.107. The van der Waals surface area contributed by atoms with E-state index in [0.29, 0.717) is 6.42 Å². The number of nitrogens with zero attached hydrogens (tertiary/aromatic N) is 1. The summed E-state index contributed by atoms with van der Waals surface area (Å²) < 4.78 is 0. The molecule has 1 N–H and O–H groups in total. The summed E-state index contributed by atoms with van der Waals surface area (Å²) in [6.45, 7) is 2.11. The summed E-state index contributed by atoms with van der Waals surface area (Å²) in [5, 5.41) is 2.92. The number of hydrogen-bond donors (Lipinski definition) is 1. The molecule has 3 heteroatoms. The zero-order valence-corrected chi connectivity index (χ0v) is 10.2. The standard InChI is InChI=1S/C15H14N2O/c1-10-12(11-3-2-8-16-9-11)4-6-14-13(10)5-7-15(18)17-14/h2-4,6,8-9H,5,7H2,1H3,(H,17,18). The maximum Gasteiger partial charge on any atom is 0.224 e. The lowest BCUT2D eigenvalue weighted by molar-refractivity contribution is -0.116. The number of amides is 1. The number of hydrogen-bond acceptors (Lipinski definition) is 2. The van der Waals surface area contributed by atoms with Crippen LogP contribution in [0.25, 0.3) is 11.1 Å². The summed E-state index contributed by atoms with van der Waals surface area (Å²) in [6, 6.07) is 8.04. The molecule has 0 saturated carbocycles.